The Balaban J connectivity index is 0.000000292. The number of hydrogen-bond acceptors (Lipinski definition) is 3. The number of rotatable bonds is 2. The number of carbonyl (C=O) groups excluding carboxylic acids is 1. The minimum atomic E-state index is -4.43. The summed E-state index contributed by atoms with van der Waals surface area (Å²) in [7, 11) is 0. The largest absolute Gasteiger partial charge is 0.433 e. The molecule has 0 aliphatic heterocycles. The van der Waals surface area contributed by atoms with Crippen LogP contribution in [0.15, 0.2) is 30.5 Å². The summed E-state index contributed by atoms with van der Waals surface area (Å²) in [5, 5.41) is 4.19. The lowest BCUT2D eigenvalue weighted by atomic mass is 10.2. The lowest BCUT2D eigenvalue weighted by Gasteiger charge is -2.06. The Morgan fingerprint density at radius 2 is 1.75 bits per heavy atom. The fourth-order valence-electron chi connectivity index (χ4n) is 2.27. The highest BCUT2D eigenvalue weighted by Crippen LogP contribution is 2.29. The Bertz CT molecular complexity index is 684. The fraction of sp³-hybridized carbons (Fsp3) is 0.471. The molecule has 1 aliphatic rings. The third kappa shape index (κ3) is 4.91. The number of hydrogen-bond donors (Lipinski definition) is 0. The van der Waals surface area contributed by atoms with Crippen LogP contribution in [0.5, 0.6) is 0 Å². The molecule has 1 aliphatic carbocycles. The van der Waals surface area contributed by atoms with Crippen molar-refractivity contribution < 1.29 is 18.0 Å². The second-order valence-electron chi connectivity index (χ2n) is 5.93. The SMILES string of the molecule is CC(C)n1ccc(-c2cccc(C(F)(F)F)n2)n1.O=C1CCCC1. The maximum Gasteiger partial charge on any atom is 0.433 e. The van der Waals surface area contributed by atoms with Gasteiger partial charge >= 0.3 is 6.18 Å². The van der Waals surface area contributed by atoms with E-state index in [0.29, 0.717) is 11.5 Å². The molecule has 0 atom stereocenters. The zero-order valence-electron chi connectivity index (χ0n) is 13.7. The topological polar surface area (TPSA) is 47.8 Å². The highest BCUT2D eigenvalue weighted by Gasteiger charge is 2.32. The number of halogens is 3. The molecule has 3 rings (SSSR count). The zero-order chi connectivity index (χ0) is 17.7. The molecule has 1 fully saturated rings. The van der Waals surface area contributed by atoms with Crippen LogP contribution in [0.2, 0.25) is 0 Å². The van der Waals surface area contributed by atoms with Crippen LogP contribution in [-0.4, -0.2) is 20.5 Å². The van der Waals surface area contributed by atoms with E-state index >= 15 is 0 Å². The molecule has 0 radical (unpaired) electrons. The summed E-state index contributed by atoms with van der Waals surface area (Å²) in [5.41, 5.74) is -0.238. The first-order chi connectivity index (χ1) is 11.3. The van der Waals surface area contributed by atoms with Crippen molar-refractivity contribution in [1.29, 1.82) is 0 Å². The minimum Gasteiger partial charge on any atom is -0.300 e. The lowest BCUT2D eigenvalue weighted by molar-refractivity contribution is -0.141. The number of nitrogens with zero attached hydrogens (tertiary/aromatic N) is 3. The van der Waals surface area contributed by atoms with Crippen LogP contribution in [0.25, 0.3) is 11.4 Å². The molecule has 1 saturated carbocycles. The van der Waals surface area contributed by atoms with Crippen molar-refractivity contribution in [3.63, 3.8) is 0 Å². The number of Topliss-reactive ketones (excluding diaryl/α,β-unsaturated/α-hetero) is 1. The number of alkyl halides is 3. The Morgan fingerprint density at radius 1 is 1.08 bits per heavy atom. The molecule has 7 heteroatoms. The van der Waals surface area contributed by atoms with Crippen LogP contribution in [0.1, 0.15) is 51.3 Å². The first-order valence-electron chi connectivity index (χ1n) is 7.89. The van der Waals surface area contributed by atoms with E-state index in [2.05, 4.69) is 10.1 Å². The predicted molar refractivity (Wildman–Crippen MR) is 84.3 cm³/mol. The minimum absolute atomic E-state index is 0.157. The van der Waals surface area contributed by atoms with Gasteiger partial charge in [-0.15, -0.1) is 0 Å². The number of aromatic nitrogens is 3. The maximum atomic E-state index is 12.5. The van der Waals surface area contributed by atoms with E-state index in [1.807, 2.05) is 13.8 Å². The molecule has 24 heavy (non-hydrogen) atoms. The van der Waals surface area contributed by atoms with Crippen molar-refractivity contribution >= 4 is 5.78 Å². The van der Waals surface area contributed by atoms with Gasteiger partial charge in [0, 0.05) is 25.1 Å². The van der Waals surface area contributed by atoms with E-state index in [-0.39, 0.29) is 11.7 Å². The van der Waals surface area contributed by atoms with Gasteiger partial charge in [-0.25, -0.2) is 4.98 Å². The van der Waals surface area contributed by atoms with Gasteiger partial charge in [-0.2, -0.15) is 18.3 Å². The van der Waals surface area contributed by atoms with Crippen molar-refractivity contribution in [3.8, 4) is 11.4 Å². The molecule has 2 heterocycles. The van der Waals surface area contributed by atoms with Gasteiger partial charge in [0.05, 0.1) is 5.69 Å². The summed E-state index contributed by atoms with van der Waals surface area (Å²) >= 11 is 0. The van der Waals surface area contributed by atoms with Crippen LogP contribution in [-0.2, 0) is 11.0 Å². The second kappa shape index (κ2) is 7.59. The average molecular weight is 339 g/mol. The first-order valence-corrected chi connectivity index (χ1v) is 7.89. The quantitative estimate of drug-likeness (QED) is 0.798. The highest BCUT2D eigenvalue weighted by molar-refractivity contribution is 5.80. The normalized spacial score (nSPS) is 14.7. The third-order valence-electron chi connectivity index (χ3n) is 3.60. The predicted octanol–water partition coefficient (Wildman–Crippen LogP) is 4.67. The van der Waals surface area contributed by atoms with Gasteiger partial charge in [-0.05, 0) is 44.9 Å². The molecule has 0 spiro atoms. The van der Waals surface area contributed by atoms with Gasteiger partial charge in [0.2, 0.25) is 0 Å². The van der Waals surface area contributed by atoms with Gasteiger partial charge in [0.25, 0.3) is 0 Å². The van der Waals surface area contributed by atoms with Gasteiger partial charge < -0.3 is 0 Å². The molecule has 0 saturated heterocycles. The van der Waals surface area contributed by atoms with Crippen molar-refractivity contribution in [3.05, 3.63) is 36.2 Å². The molecule has 0 bridgehead atoms. The second-order valence-corrected chi connectivity index (χ2v) is 5.93. The molecule has 2 aromatic rings. The summed E-state index contributed by atoms with van der Waals surface area (Å²) in [6.45, 7) is 3.88. The maximum absolute atomic E-state index is 12.5. The van der Waals surface area contributed by atoms with Crippen molar-refractivity contribution in [2.45, 2.75) is 51.7 Å². The van der Waals surface area contributed by atoms with Crippen molar-refractivity contribution in [1.82, 2.24) is 14.8 Å². The Kier molecular flexibility index (Phi) is 5.75. The Labute approximate surface area is 138 Å². The summed E-state index contributed by atoms with van der Waals surface area (Å²) in [4.78, 5) is 13.8. The van der Waals surface area contributed by atoms with Gasteiger partial charge in [-0.1, -0.05) is 6.07 Å². The first kappa shape index (κ1) is 18.2. The standard InChI is InChI=1S/C12H12F3N3.C5H8O/c1-8(2)18-7-6-10(17-18)9-4-3-5-11(16-9)12(13,14)15;6-5-3-1-2-4-5/h3-8H,1-2H3;1-4H2. The lowest BCUT2D eigenvalue weighted by Crippen LogP contribution is -2.08. The summed E-state index contributed by atoms with van der Waals surface area (Å²) in [6.07, 6.45) is 1.26. The molecule has 4 nitrogen and oxygen atoms in total. The van der Waals surface area contributed by atoms with Crippen LogP contribution in [0.3, 0.4) is 0 Å². The van der Waals surface area contributed by atoms with Gasteiger partial charge in [-0.3, -0.25) is 9.48 Å². The van der Waals surface area contributed by atoms with E-state index in [9.17, 15) is 18.0 Å². The Hall–Kier alpha value is -2.18. The van der Waals surface area contributed by atoms with E-state index in [1.54, 1.807) is 16.9 Å². The average Bonchev–Trinajstić information content (AvgIpc) is 3.18. The number of ketones is 1. The fourth-order valence-corrected chi connectivity index (χ4v) is 2.27. The van der Waals surface area contributed by atoms with Crippen LogP contribution in [0, 0.1) is 0 Å². The van der Waals surface area contributed by atoms with Crippen LogP contribution in [0.4, 0.5) is 13.2 Å². The van der Waals surface area contributed by atoms with E-state index < -0.39 is 11.9 Å². The zero-order valence-corrected chi connectivity index (χ0v) is 13.7. The third-order valence-corrected chi connectivity index (χ3v) is 3.60. The molecular formula is C17H20F3N3O. The van der Waals surface area contributed by atoms with E-state index in [4.69, 9.17) is 0 Å². The Morgan fingerprint density at radius 3 is 2.21 bits per heavy atom. The number of carbonyl (C=O) groups is 1. The van der Waals surface area contributed by atoms with Crippen molar-refractivity contribution in [2.75, 3.05) is 0 Å². The molecule has 130 valence electrons. The summed E-state index contributed by atoms with van der Waals surface area (Å²) < 4.78 is 39.3. The molecule has 0 unspecified atom stereocenters. The molecule has 0 amide bonds. The molecular weight excluding hydrogens is 319 g/mol. The van der Waals surface area contributed by atoms with Crippen LogP contribution < -0.4 is 0 Å². The van der Waals surface area contributed by atoms with Crippen molar-refractivity contribution in [2.24, 2.45) is 0 Å². The molecule has 0 aromatic carbocycles. The van der Waals surface area contributed by atoms with E-state index in [0.717, 1.165) is 31.7 Å². The van der Waals surface area contributed by atoms with Gasteiger partial charge in [0.1, 0.15) is 17.2 Å². The number of pyridine rings is 1. The monoisotopic (exact) mass is 339 g/mol. The summed E-state index contributed by atoms with van der Waals surface area (Å²) in [6, 6.07) is 5.61. The molecule has 0 N–H and O–H groups in total. The van der Waals surface area contributed by atoms with Gasteiger partial charge in [0.15, 0.2) is 0 Å². The van der Waals surface area contributed by atoms with E-state index in [1.165, 1.54) is 12.1 Å². The molecule has 2 aromatic heterocycles. The highest BCUT2D eigenvalue weighted by atomic mass is 19.4. The summed E-state index contributed by atoms with van der Waals surface area (Å²) in [5.74, 6) is 0.454. The smallest absolute Gasteiger partial charge is 0.300 e. The van der Waals surface area contributed by atoms with Crippen LogP contribution >= 0.6 is 0 Å².